The molecule has 2 heterocycles. The lowest BCUT2D eigenvalue weighted by Gasteiger charge is -2.33. The summed E-state index contributed by atoms with van der Waals surface area (Å²) < 4.78 is 5.68. The number of nitrogens with one attached hydrogen (secondary N) is 1. The standard InChI is InChI=1S/C20H30N2O2/c1-20(2,3)24-14-16(23)13-22-10-8-15(9-11-22)18-12-21-19-7-5-4-6-17(18)19/h4-7,12,15-16,21,23H,8-11,13-14H2,1-3H3. The van der Waals surface area contributed by atoms with Crippen LogP contribution in [0.5, 0.6) is 0 Å². The molecule has 0 aliphatic carbocycles. The Bertz CT molecular complexity index is 651. The van der Waals surface area contributed by atoms with Crippen LogP contribution in [0.3, 0.4) is 0 Å². The number of aromatic nitrogens is 1. The quantitative estimate of drug-likeness (QED) is 0.882. The molecule has 0 bridgehead atoms. The number of para-hydroxylation sites is 1. The van der Waals surface area contributed by atoms with Crippen LogP contribution < -0.4 is 0 Å². The molecule has 1 saturated heterocycles. The summed E-state index contributed by atoms with van der Waals surface area (Å²) in [7, 11) is 0. The second kappa shape index (κ2) is 7.26. The summed E-state index contributed by atoms with van der Waals surface area (Å²) in [5.41, 5.74) is 2.48. The van der Waals surface area contributed by atoms with Gasteiger partial charge in [0.1, 0.15) is 0 Å². The van der Waals surface area contributed by atoms with Gasteiger partial charge in [-0.1, -0.05) is 18.2 Å². The van der Waals surface area contributed by atoms with E-state index in [2.05, 4.69) is 40.3 Å². The number of aliphatic hydroxyl groups is 1. The highest BCUT2D eigenvalue weighted by atomic mass is 16.5. The molecular weight excluding hydrogens is 300 g/mol. The Kier molecular flexibility index (Phi) is 5.28. The van der Waals surface area contributed by atoms with Gasteiger partial charge in [-0.15, -0.1) is 0 Å². The first-order valence-electron chi connectivity index (χ1n) is 9.03. The number of aliphatic hydroxyl groups excluding tert-OH is 1. The van der Waals surface area contributed by atoms with E-state index in [1.807, 2.05) is 20.8 Å². The molecule has 4 heteroatoms. The van der Waals surface area contributed by atoms with E-state index in [1.54, 1.807) is 0 Å². The minimum atomic E-state index is -0.408. The van der Waals surface area contributed by atoms with Gasteiger partial charge in [0.15, 0.2) is 0 Å². The zero-order valence-electron chi connectivity index (χ0n) is 15.1. The highest BCUT2D eigenvalue weighted by molar-refractivity contribution is 5.83. The number of benzene rings is 1. The first-order valence-corrected chi connectivity index (χ1v) is 9.03. The first kappa shape index (κ1) is 17.5. The van der Waals surface area contributed by atoms with Crippen LogP contribution in [0, 0.1) is 0 Å². The molecule has 1 aromatic heterocycles. The van der Waals surface area contributed by atoms with Crippen LogP contribution in [-0.4, -0.2) is 52.9 Å². The maximum Gasteiger partial charge on any atom is 0.0900 e. The lowest BCUT2D eigenvalue weighted by atomic mass is 9.89. The summed E-state index contributed by atoms with van der Waals surface area (Å²) in [4.78, 5) is 5.75. The zero-order valence-corrected chi connectivity index (χ0v) is 15.1. The van der Waals surface area contributed by atoms with Gasteiger partial charge in [0.25, 0.3) is 0 Å². The minimum Gasteiger partial charge on any atom is -0.389 e. The Morgan fingerprint density at radius 3 is 2.67 bits per heavy atom. The molecule has 1 fully saturated rings. The third-order valence-electron chi connectivity index (χ3n) is 4.83. The van der Waals surface area contributed by atoms with E-state index in [1.165, 1.54) is 16.5 Å². The van der Waals surface area contributed by atoms with E-state index in [9.17, 15) is 5.11 Å². The summed E-state index contributed by atoms with van der Waals surface area (Å²) in [5.74, 6) is 0.611. The Hall–Kier alpha value is -1.36. The van der Waals surface area contributed by atoms with Gasteiger partial charge in [0.05, 0.1) is 18.3 Å². The smallest absolute Gasteiger partial charge is 0.0900 e. The Labute approximate surface area is 144 Å². The Morgan fingerprint density at radius 2 is 1.96 bits per heavy atom. The highest BCUT2D eigenvalue weighted by Crippen LogP contribution is 2.33. The fourth-order valence-corrected chi connectivity index (χ4v) is 3.56. The van der Waals surface area contributed by atoms with Crippen LogP contribution in [0.4, 0.5) is 0 Å². The molecule has 1 aromatic carbocycles. The van der Waals surface area contributed by atoms with E-state index in [0.29, 0.717) is 19.1 Å². The van der Waals surface area contributed by atoms with Crippen molar-refractivity contribution in [2.45, 2.75) is 51.2 Å². The Balaban J connectivity index is 1.51. The molecule has 3 rings (SSSR count). The lowest BCUT2D eigenvalue weighted by molar-refractivity contribution is -0.0573. The number of aromatic amines is 1. The van der Waals surface area contributed by atoms with Crippen LogP contribution in [-0.2, 0) is 4.74 Å². The Morgan fingerprint density at radius 1 is 1.25 bits per heavy atom. The van der Waals surface area contributed by atoms with Crippen molar-refractivity contribution in [3.63, 3.8) is 0 Å². The van der Waals surface area contributed by atoms with Gasteiger partial charge in [0.2, 0.25) is 0 Å². The van der Waals surface area contributed by atoms with E-state index in [-0.39, 0.29) is 5.60 Å². The molecule has 1 aliphatic heterocycles. The van der Waals surface area contributed by atoms with E-state index < -0.39 is 6.10 Å². The number of ether oxygens (including phenoxy) is 1. The van der Waals surface area contributed by atoms with Crippen molar-refractivity contribution in [1.29, 1.82) is 0 Å². The number of piperidine rings is 1. The van der Waals surface area contributed by atoms with Crippen molar-refractivity contribution < 1.29 is 9.84 Å². The minimum absolute atomic E-state index is 0.191. The third-order valence-corrected chi connectivity index (χ3v) is 4.83. The van der Waals surface area contributed by atoms with E-state index in [4.69, 9.17) is 4.74 Å². The number of nitrogens with zero attached hydrogens (tertiary/aromatic N) is 1. The molecule has 2 N–H and O–H groups in total. The fourth-order valence-electron chi connectivity index (χ4n) is 3.56. The van der Waals surface area contributed by atoms with Crippen LogP contribution in [0.1, 0.15) is 45.1 Å². The molecule has 132 valence electrons. The van der Waals surface area contributed by atoms with Crippen molar-refractivity contribution in [3.05, 3.63) is 36.0 Å². The lowest BCUT2D eigenvalue weighted by Crippen LogP contribution is -2.40. The number of likely N-dealkylation sites (tertiary alicyclic amines) is 1. The van der Waals surface area contributed by atoms with Crippen molar-refractivity contribution in [1.82, 2.24) is 9.88 Å². The predicted octanol–water partition coefficient (Wildman–Crippen LogP) is 3.52. The number of hydrogen-bond acceptors (Lipinski definition) is 3. The molecule has 0 radical (unpaired) electrons. The van der Waals surface area contributed by atoms with Crippen LogP contribution in [0.25, 0.3) is 10.9 Å². The average molecular weight is 330 g/mol. The van der Waals surface area contributed by atoms with Gasteiger partial charge in [-0.3, -0.25) is 0 Å². The van der Waals surface area contributed by atoms with Gasteiger partial charge in [0, 0.05) is 23.6 Å². The van der Waals surface area contributed by atoms with E-state index in [0.717, 1.165) is 25.9 Å². The van der Waals surface area contributed by atoms with Gasteiger partial charge < -0.3 is 19.7 Å². The van der Waals surface area contributed by atoms with Gasteiger partial charge in [-0.2, -0.15) is 0 Å². The number of β-amino-alcohol motifs (C(OH)–C–C–N with tert-alkyl or cyclic N) is 1. The van der Waals surface area contributed by atoms with Gasteiger partial charge in [-0.05, 0) is 64.3 Å². The topological polar surface area (TPSA) is 48.5 Å². The maximum atomic E-state index is 10.2. The number of H-pyrrole nitrogens is 1. The SMILES string of the molecule is CC(C)(C)OCC(O)CN1CCC(c2c[nH]c3ccccc23)CC1. The summed E-state index contributed by atoms with van der Waals surface area (Å²) in [6.07, 6.45) is 4.06. The summed E-state index contributed by atoms with van der Waals surface area (Å²) in [6.45, 7) is 9.25. The zero-order chi connectivity index (χ0) is 17.2. The van der Waals surface area contributed by atoms with Crippen molar-refractivity contribution in [2.24, 2.45) is 0 Å². The van der Waals surface area contributed by atoms with Gasteiger partial charge in [-0.25, -0.2) is 0 Å². The van der Waals surface area contributed by atoms with E-state index >= 15 is 0 Å². The first-order chi connectivity index (χ1) is 11.4. The predicted molar refractivity (Wildman–Crippen MR) is 98.4 cm³/mol. The molecule has 24 heavy (non-hydrogen) atoms. The maximum absolute atomic E-state index is 10.2. The molecule has 1 atom stereocenters. The van der Waals surface area contributed by atoms with Crippen LogP contribution in [0.15, 0.2) is 30.5 Å². The second-order valence-electron chi connectivity index (χ2n) is 7.94. The number of fused-ring (bicyclic) bond motifs is 1. The molecule has 4 nitrogen and oxygen atoms in total. The fraction of sp³-hybridized carbons (Fsp3) is 0.600. The average Bonchev–Trinajstić information content (AvgIpc) is 2.97. The molecule has 1 aliphatic rings. The number of rotatable bonds is 5. The third kappa shape index (κ3) is 4.38. The second-order valence-corrected chi connectivity index (χ2v) is 7.94. The largest absolute Gasteiger partial charge is 0.389 e. The molecule has 0 spiro atoms. The van der Waals surface area contributed by atoms with Gasteiger partial charge >= 0.3 is 0 Å². The molecular formula is C20H30N2O2. The molecule has 0 saturated carbocycles. The summed E-state index contributed by atoms with van der Waals surface area (Å²) in [5, 5.41) is 11.5. The molecule has 0 amide bonds. The van der Waals surface area contributed by atoms with Crippen LogP contribution >= 0.6 is 0 Å². The molecule has 2 aromatic rings. The normalized spacial score (nSPS) is 19.0. The van der Waals surface area contributed by atoms with Crippen molar-refractivity contribution in [2.75, 3.05) is 26.2 Å². The summed E-state index contributed by atoms with van der Waals surface area (Å²) in [6, 6.07) is 8.54. The highest BCUT2D eigenvalue weighted by Gasteiger charge is 2.24. The van der Waals surface area contributed by atoms with Crippen molar-refractivity contribution >= 4 is 10.9 Å². The van der Waals surface area contributed by atoms with Crippen LogP contribution in [0.2, 0.25) is 0 Å². The summed E-state index contributed by atoms with van der Waals surface area (Å²) >= 11 is 0. The monoisotopic (exact) mass is 330 g/mol. The number of hydrogen-bond donors (Lipinski definition) is 2. The molecule has 1 unspecified atom stereocenters. The van der Waals surface area contributed by atoms with Crippen molar-refractivity contribution in [3.8, 4) is 0 Å².